The maximum absolute atomic E-state index is 10.1. The van der Waals surface area contributed by atoms with E-state index in [-0.39, 0.29) is 0 Å². The molecule has 6 nitrogen and oxygen atoms in total. The van der Waals surface area contributed by atoms with Crippen molar-refractivity contribution < 1.29 is 5.11 Å². The topological polar surface area (TPSA) is 88.2 Å². The maximum atomic E-state index is 10.1. The van der Waals surface area contributed by atoms with E-state index in [1.807, 2.05) is 42.3 Å². The van der Waals surface area contributed by atoms with Crippen molar-refractivity contribution in [2.45, 2.75) is 24.9 Å². The van der Waals surface area contributed by atoms with Crippen LogP contribution in [0.1, 0.15) is 25.1 Å². The first-order chi connectivity index (χ1) is 10.6. The van der Waals surface area contributed by atoms with Crippen molar-refractivity contribution in [3.63, 3.8) is 0 Å². The predicted octanol–water partition coefficient (Wildman–Crippen LogP) is 1.85. The second-order valence-electron chi connectivity index (χ2n) is 5.60. The lowest BCUT2D eigenvalue weighted by atomic mass is 10.1. The maximum Gasteiger partial charge on any atom is 0.233 e. The van der Waals surface area contributed by atoms with Gasteiger partial charge in [0.2, 0.25) is 5.95 Å². The molecule has 0 atom stereocenters. The highest BCUT2D eigenvalue weighted by Crippen LogP contribution is 2.42. The van der Waals surface area contributed by atoms with E-state index in [1.165, 1.54) is 12.5 Å². The molecule has 1 aliphatic carbocycles. The van der Waals surface area contributed by atoms with Gasteiger partial charge < -0.3 is 15.7 Å². The molecule has 6 heteroatoms. The summed E-state index contributed by atoms with van der Waals surface area (Å²) in [6.07, 6.45) is 5.01. The molecule has 1 fully saturated rings. The Hall–Kier alpha value is -2.47. The van der Waals surface area contributed by atoms with Crippen LogP contribution in [-0.4, -0.2) is 32.7 Å². The van der Waals surface area contributed by atoms with E-state index in [0.29, 0.717) is 18.2 Å². The van der Waals surface area contributed by atoms with Gasteiger partial charge in [-0.05, 0) is 25.0 Å². The van der Waals surface area contributed by atoms with Gasteiger partial charge in [-0.2, -0.15) is 4.98 Å². The van der Waals surface area contributed by atoms with E-state index in [0.717, 1.165) is 24.1 Å². The van der Waals surface area contributed by atoms with Crippen molar-refractivity contribution in [1.82, 2.24) is 15.0 Å². The van der Waals surface area contributed by atoms with Crippen LogP contribution >= 0.6 is 0 Å². The number of hydrogen-bond acceptors (Lipinski definition) is 6. The van der Waals surface area contributed by atoms with Crippen LogP contribution in [0.15, 0.2) is 42.9 Å². The highest BCUT2D eigenvalue weighted by Gasteiger charge is 2.41. The van der Waals surface area contributed by atoms with Gasteiger partial charge in [-0.15, -0.1) is 0 Å². The minimum absolute atomic E-state index is 0.474. The average Bonchev–Trinajstić information content (AvgIpc) is 3.30. The normalized spacial score (nSPS) is 16.4. The van der Waals surface area contributed by atoms with E-state index < -0.39 is 5.60 Å². The van der Waals surface area contributed by atoms with Gasteiger partial charge in [-0.1, -0.05) is 18.2 Å². The second kappa shape index (κ2) is 5.73. The van der Waals surface area contributed by atoms with Crippen molar-refractivity contribution in [2.75, 3.05) is 11.9 Å². The second-order valence-corrected chi connectivity index (χ2v) is 5.60. The molecule has 0 unspecified atom stereocenters. The molecule has 1 aromatic carbocycles. The van der Waals surface area contributed by atoms with Crippen LogP contribution < -0.4 is 10.6 Å². The van der Waals surface area contributed by atoms with Crippen molar-refractivity contribution in [3.05, 3.63) is 48.7 Å². The Morgan fingerprint density at radius 3 is 2.68 bits per heavy atom. The number of rotatable bonds is 5. The molecule has 1 heterocycles. The SMILES string of the molecule is CN(c1ccccc1)c1ncnc(C(=CN)CC2(O)CC2)n1. The Bertz CT molecular complexity index is 682. The first-order valence-corrected chi connectivity index (χ1v) is 7.23. The smallest absolute Gasteiger partial charge is 0.233 e. The molecule has 0 aliphatic heterocycles. The molecular formula is C16H19N5O. The molecule has 0 saturated heterocycles. The van der Waals surface area contributed by atoms with Gasteiger partial charge in [0.1, 0.15) is 6.33 Å². The third kappa shape index (κ3) is 3.07. The third-order valence-corrected chi connectivity index (χ3v) is 3.84. The van der Waals surface area contributed by atoms with Crippen LogP contribution in [0, 0.1) is 0 Å². The lowest BCUT2D eigenvalue weighted by Gasteiger charge is -2.18. The number of anilines is 2. The number of para-hydroxylation sites is 1. The van der Waals surface area contributed by atoms with Gasteiger partial charge >= 0.3 is 0 Å². The lowest BCUT2D eigenvalue weighted by Crippen LogP contribution is -2.15. The predicted molar refractivity (Wildman–Crippen MR) is 85.3 cm³/mol. The summed E-state index contributed by atoms with van der Waals surface area (Å²) in [7, 11) is 1.90. The van der Waals surface area contributed by atoms with Crippen LogP contribution in [0.3, 0.4) is 0 Å². The summed E-state index contributed by atoms with van der Waals surface area (Å²) in [6.45, 7) is 0. The van der Waals surface area contributed by atoms with Gasteiger partial charge in [0.05, 0.1) is 5.60 Å². The summed E-state index contributed by atoms with van der Waals surface area (Å²) in [5, 5.41) is 10.1. The Morgan fingerprint density at radius 1 is 1.32 bits per heavy atom. The van der Waals surface area contributed by atoms with Crippen LogP contribution in [0.4, 0.5) is 11.6 Å². The van der Waals surface area contributed by atoms with Crippen molar-refractivity contribution in [3.8, 4) is 0 Å². The fourth-order valence-electron chi connectivity index (χ4n) is 2.26. The molecule has 1 aromatic heterocycles. The van der Waals surface area contributed by atoms with Gasteiger partial charge in [-0.25, -0.2) is 9.97 Å². The average molecular weight is 297 g/mol. The zero-order valence-electron chi connectivity index (χ0n) is 12.5. The van der Waals surface area contributed by atoms with E-state index in [2.05, 4.69) is 15.0 Å². The standard InChI is InChI=1S/C16H19N5O/c1-21(13-5-3-2-4-6-13)15-19-11-18-14(20-15)12(10-17)9-16(22)7-8-16/h2-6,10-11,22H,7-9,17H2,1H3. The molecule has 2 aromatic rings. The Kier molecular flexibility index (Phi) is 3.77. The first-order valence-electron chi connectivity index (χ1n) is 7.23. The van der Waals surface area contributed by atoms with Crippen LogP contribution in [0.5, 0.6) is 0 Å². The molecular weight excluding hydrogens is 278 g/mol. The summed E-state index contributed by atoms with van der Waals surface area (Å²) >= 11 is 0. The molecule has 1 saturated carbocycles. The summed E-state index contributed by atoms with van der Waals surface area (Å²) in [5.41, 5.74) is 6.78. The molecule has 0 amide bonds. The summed E-state index contributed by atoms with van der Waals surface area (Å²) in [4.78, 5) is 14.8. The monoisotopic (exact) mass is 297 g/mol. The quantitative estimate of drug-likeness (QED) is 0.875. The molecule has 0 spiro atoms. The summed E-state index contributed by atoms with van der Waals surface area (Å²) in [6, 6.07) is 9.84. The van der Waals surface area contributed by atoms with Crippen LogP contribution in [-0.2, 0) is 0 Å². The molecule has 22 heavy (non-hydrogen) atoms. The molecule has 1 aliphatic rings. The highest BCUT2D eigenvalue weighted by molar-refractivity contribution is 5.63. The van der Waals surface area contributed by atoms with Crippen molar-refractivity contribution >= 4 is 17.2 Å². The van der Waals surface area contributed by atoms with E-state index in [4.69, 9.17) is 5.73 Å². The largest absolute Gasteiger partial charge is 0.404 e. The molecule has 0 radical (unpaired) electrons. The van der Waals surface area contributed by atoms with Gasteiger partial charge in [0, 0.05) is 30.9 Å². The Morgan fingerprint density at radius 2 is 2.05 bits per heavy atom. The highest BCUT2D eigenvalue weighted by atomic mass is 16.3. The Balaban J connectivity index is 1.86. The van der Waals surface area contributed by atoms with Crippen LogP contribution in [0.2, 0.25) is 0 Å². The summed E-state index contributed by atoms with van der Waals surface area (Å²) < 4.78 is 0. The fourth-order valence-corrected chi connectivity index (χ4v) is 2.26. The molecule has 3 N–H and O–H groups in total. The van der Waals surface area contributed by atoms with Crippen molar-refractivity contribution in [1.29, 1.82) is 0 Å². The van der Waals surface area contributed by atoms with E-state index in [9.17, 15) is 5.11 Å². The summed E-state index contributed by atoms with van der Waals surface area (Å²) in [5.74, 6) is 1.05. The third-order valence-electron chi connectivity index (χ3n) is 3.84. The van der Waals surface area contributed by atoms with E-state index in [1.54, 1.807) is 0 Å². The number of nitrogens with two attached hydrogens (primary N) is 1. The zero-order chi connectivity index (χ0) is 15.6. The van der Waals surface area contributed by atoms with E-state index >= 15 is 0 Å². The first kappa shape index (κ1) is 14.5. The number of aliphatic hydroxyl groups is 1. The van der Waals surface area contributed by atoms with Gasteiger partial charge in [0.25, 0.3) is 0 Å². The van der Waals surface area contributed by atoms with Gasteiger partial charge in [0.15, 0.2) is 5.82 Å². The molecule has 114 valence electrons. The number of nitrogens with zero attached hydrogens (tertiary/aromatic N) is 4. The minimum atomic E-state index is -0.636. The number of benzene rings is 1. The minimum Gasteiger partial charge on any atom is -0.404 e. The fraction of sp³-hybridized carbons (Fsp3) is 0.312. The zero-order valence-corrected chi connectivity index (χ0v) is 12.5. The Labute approximate surface area is 129 Å². The van der Waals surface area contributed by atoms with Gasteiger partial charge in [-0.3, -0.25) is 0 Å². The number of aromatic nitrogens is 3. The lowest BCUT2D eigenvalue weighted by molar-refractivity contribution is 0.156. The number of hydrogen-bond donors (Lipinski definition) is 2. The van der Waals surface area contributed by atoms with Crippen LogP contribution in [0.25, 0.3) is 5.57 Å². The molecule has 0 bridgehead atoms. The molecule has 3 rings (SSSR count). The van der Waals surface area contributed by atoms with Crippen molar-refractivity contribution in [2.24, 2.45) is 5.73 Å².